The fraction of sp³-hybridized carbons (Fsp3) is 0.800. The molecule has 0 aromatic carbocycles. The second-order valence-electron chi connectivity index (χ2n) is 3.98. The van der Waals surface area contributed by atoms with Crippen LogP contribution in [0.1, 0.15) is 26.2 Å². The van der Waals surface area contributed by atoms with Crippen LogP contribution in [0.15, 0.2) is 0 Å². The molecular formula is C10H20ClN3O2. The van der Waals surface area contributed by atoms with Crippen LogP contribution in [0.4, 0.5) is 0 Å². The molecule has 1 rings (SSSR count). The van der Waals surface area contributed by atoms with E-state index in [0.717, 1.165) is 12.8 Å². The summed E-state index contributed by atoms with van der Waals surface area (Å²) in [5.74, 6) is -0.0417. The lowest BCUT2D eigenvalue weighted by atomic mass is 10.1. The smallest absolute Gasteiger partial charge is 0.239 e. The highest BCUT2D eigenvalue weighted by Crippen LogP contribution is 2.09. The Kier molecular flexibility index (Phi) is 7.08. The molecule has 0 aliphatic carbocycles. The van der Waals surface area contributed by atoms with Crippen molar-refractivity contribution in [3.8, 4) is 0 Å². The number of likely N-dealkylation sites (tertiary alicyclic amines) is 1. The van der Waals surface area contributed by atoms with E-state index >= 15 is 0 Å². The molecule has 94 valence electrons. The Hall–Kier alpha value is -0.810. The van der Waals surface area contributed by atoms with Gasteiger partial charge in [-0.3, -0.25) is 9.59 Å². The fourth-order valence-electron chi connectivity index (χ4n) is 1.58. The van der Waals surface area contributed by atoms with E-state index in [4.69, 9.17) is 5.73 Å². The number of hydrogen-bond acceptors (Lipinski definition) is 3. The van der Waals surface area contributed by atoms with Crippen molar-refractivity contribution in [2.45, 2.75) is 32.2 Å². The van der Waals surface area contributed by atoms with Gasteiger partial charge in [0.25, 0.3) is 0 Å². The van der Waals surface area contributed by atoms with Crippen LogP contribution in [0.25, 0.3) is 0 Å². The first kappa shape index (κ1) is 15.2. The van der Waals surface area contributed by atoms with Crippen molar-refractivity contribution in [1.82, 2.24) is 10.2 Å². The molecule has 1 fully saturated rings. The first-order valence-electron chi connectivity index (χ1n) is 5.40. The number of rotatable bonds is 4. The van der Waals surface area contributed by atoms with Gasteiger partial charge in [-0.05, 0) is 19.8 Å². The molecule has 1 heterocycles. The van der Waals surface area contributed by atoms with Crippen LogP contribution in [0.3, 0.4) is 0 Å². The average Bonchev–Trinajstić information content (AvgIpc) is 2.21. The van der Waals surface area contributed by atoms with E-state index < -0.39 is 0 Å². The van der Waals surface area contributed by atoms with E-state index in [1.807, 2.05) is 6.92 Å². The van der Waals surface area contributed by atoms with Crippen LogP contribution in [0.5, 0.6) is 0 Å². The summed E-state index contributed by atoms with van der Waals surface area (Å²) in [5.41, 5.74) is 5.39. The minimum absolute atomic E-state index is 0. The monoisotopic (exact) mass is 249 g/mol. The second-order valence-corrected chi connectivity index (χ2v) is 3.98. The van der Waals surface area contributed by atoms with Gasteiger partial charge in [0.05, 0.1) is 6.54 Å². The average molecular weight is 250 g/mol. The number of nitrogens with one attached hydrogen (secondary N) is 1. The van der Waals surface area contributed by atoms with Gasteiger partial charge in [0, 0.05) is 25.6 Å². The highest BCUT2D eigenvalue weighted by molar-refractivity contribution is 5.85. The van der Waals surface area contributed by atoms with E-state index in [2.05, 4.69) is 5.32 Å². The van der Waals surface area contributed by atoms with Crippen LogP contribution in [-0.2, 0) is 9.59 Å². The van der Waals surface area contributed by atoms with E-state index in [1.54, 1.807) is 4.90 Å². The summed E-state index contributed by atoms with van der Waals surface area (Å²) in [5, 5.41) is 2.74. The molecule has 16 heavy (non-hydrogen) atoms. The number of carbonyl (C=O) groups is 2. The number of halogens is 1. The van der Waals surface area contributed by atoms with Gasteiger partial charge in [-0.15, -0.1) is 12.4 Å². The van der Waals surface area contributed by atoms with Gasteiger partial charge >= 0.3 is 0 Å². The van der Waals surface area contributed by atoms with Crippen molar-refractivity contribution in [3.63, 3.8) is 0 Å². The first-order chi connectivity index (χ1) is 7.13. The lowest BCUT2D eigenvalue weighted by Gasteiger charge is -2.26. The molecule has 0 aromatic rings. The molecule has 2 amide bonds. The fourth-order valence-corrected chi connectivity index (χ4v) is 1.58. The lowest BCUT2D eigenvalue weighted by Crippen LogP contribution is -2.46. The highest BCUT2D eigenvalue weighted by atomic mass is 35.5. The van der Waals surface area contributed by atoms with E-state index in [-0.39, 0.29) is 36.8 Å². The molecule has 0 radical (unpaired) electrons. The molecule has 1 aliphatic rings. The number of amides is 2. The summed E-state index contributed by atoms with van der Waals surface area (Å²) in [4.78, 5) is 24.5. The van der Waals surface area contributed by atoms with E-state index in [0.29, 0.717) is 19.5 Å². The highest BCUT2D eigenvalue weighted by Gasteiger charge is 2.20. The molecule has 3 N–H and O–H groups in total. The van der Waals surface area contributed by atoms with Gasteiger partial charge < -0.3 is 16.0 Å². The summed E-state index contributed by atoms with van der Waals surface area (Å²) < 4.78 is 0. The summed E-state index contributed by atoms with van der Waals surface area (Å²) in [6.07, 6.45) is 2.50. The van der Waals surface area contributed by atoms with Crippen LogP contribution >= 0.6 is 12.4 Å². The number of carbonyl (C=O) groups excluding carboxylic acids is 2. The minimum Gasteiger partial charge on any atom is -0.351 e. The number of nitrogens with zero attached hydrogens (tertiary/aromatic N) is 1. The van der Waals surface area contributed by atoms with Crippen molar-refractivity contribution in [3.05, 3.63) is 0 Å². The predicted molar refractivity (Wildman–Crippen MR) is 64.3 cm³/mol. The van der Waals surface area contributed by atoms with Crippen LogP contribution < -0.4 is 11.1 Å². The maximum atomic E-state index is 11.5. The second kappa shape index (κ2) is 7.46. The predicted octanol–water partition coefficient (Wildman–Crippen LogP) is -0.116. The molecule has 0 saturated carbocycles. The maximum absolute atomic E-state index is 11.5. The lowest BCUT2D eigenvalue weighted by molar-refractivity contribution is -0.138. The molecule has 0 unspecified atom stereocenters. The number of nitrogens with two attached hydrogens (primary N) is 1. The molecule has 1 saturated heterocycles. The van der Waals surface area contributed by atoms with Gasteiger partial charge in [-0.25, -0.2) is 0 Å². The summed E-state index contributed by atoms with van der Waals surface area (Å²) >= 11 is 0. The Balaban J connectivity index is 0.00000225. The van der Waals surface area contributed by atoms with Gasteiger partial charge in [-0.1, -0.05) is 0 Å². The Morgan fingerprint density at radius 3 is 2.81 bits per heavy atom. The third-order valence-corrected chi connectivity index (χ3v) is 2.52. The molecule has 0 aromatic heterocycles. The summed E-state index contributed by atoms with van der Waals surface area (Å²) in [6.45, 7) is 3.13. The third kappa shape index (κ3) is 4.81. The van der Waals surface area contributed by atoms with E-state index in [1.165, 1.54) is 0 Å². The van der Waals surface area contributed by atoms with Gasteiger partial charge in [0.1, 0.15) is 0 Å². The zero-order valence-corrected chi connectivity index (χ0v) is 10.4. The van der Waals surface area contributed by atoms with E-state index in [9.17, 15) is 9.59 Å². The van der Waals surface area contributed by atoms with Crippen LogP contribution in [-0.4, -0.2) is 42.4 Å². The first-order valence-corrected chi connectivity index (χ1v) is 5.40. The van der Waals surface area contributed by atoms with Gasteiger partial charge in [-0.2, -0.15) is 0 Å². The topological polar surface area (TPSA) is 75.4 Å². The molecular weight excluding hydrogens is 230 g/mol. The molecule has 1 aliphatic heterocycles. The number of hydrogen-bond donors (Lipinski definition) is 2. The van der Waals surface area contributed by atoms with Crippen molar-refractivity contribution >= 4 is 24.2 Å². The Morgan fingerprint density at radius 2 is 2.25 bits per heavy atom. The van der Waals surface area contributed by atoms with Crippen molar-refractivity contribution in [1.29, 1.82) is 0 Å². The molecule has 0 bridgehead atoms. The third-order valence-electron chi connectivity index (χ3n) is 2.52. The molecule has 6 heteroatoms. The normalized spacial score (nSPS) is 17.6. The minimum atomic E-state index is -0.122. The largest absolute Gasteiger partial charge is 0.351 e. The maximum Gasteiger partial charge on any atom is 0.239 e. The molecule has 0 spiro atoms. The zero-order chi connectivity index (χ0) is 11.3. The van der Waals surface area contributed by atoms with Crippen molar-refractivity contribution in [2.24, 2.45) is 5.73 Å². The standard InChI is InChI=1S/C10H19N3O2.ClH/c1-8(6-11)12-9(14)7-13-5-3-2-4-10(13)15;/h8H,2-7,11H2,1H3,(H,12,14);1H/t8-;/m1./s1. The van der Waals surface area contributed by atoms with Gasteiger partial charge in [0.2, 0.25) is 11.8 Å². The van der Waals surface area contributed by atoms with Gasteiger partial charge in [0.15, 0.2) is 0 Å². The Labute approximate surface area is 102 Å². The SMILES string of the molecule is C[C@H](CN)NC(=O)CN1CCCCC1=O.Cl. The summed E-state index contributed by atoms with van der Waals surface area (Å²) in [6, 6.07) is -0.0302. The Morgan fingerprint density at radius 1 is 1.56 bits per heavy atom. The van der Waals surface area contributed by atoms with Crippen molar-refractivity contribution in [2.75, 3.05) is 19.6 Å². The number of piperidine rings is 1. The van der Waals surface area contributed by atoms with Crippen molar-refractivity contribution < 1.29 is 9.59 Å². The van der Waals surface area contributed by atoms with Crippen LogP contribution in [0, 0.1) is 0 Å². The molecule has 1 atom stereocenters. The molecule has 5 nitrogen and oxygen atoms in total. The quantitative estimate of drug-likeness (QED) is 0.730. The van der Waals surface area contributed by atoms with Crippen LogP contribution in [0.2, 0.25) is 0 Å². The summed E-state index contributed by atoms with van der Waals surface area (Å²) in [7, 11) is 0. The zero-order valence-electron chi connectivity index (χ0n) is 9.57. The Bertz CT molecular complexity index is 248.